The van der Waals surface area contributed by atoms with Crippen LogP contribution < -0.4 is 0 Å². The second-order valence-electron chi connectivity index (χ2n) is 6.44. The van der Waals surface area contributed by atoms with Gasteiger partial charge in [-0.3, -0.25) is 0 Å². The van der Waals surface area contributed by atoms with E-state index in [1.54, 1.807) is 0 Å². The zero-order valence-corrected chi connectivity index (χ0v) is 13.7. The van der Waals surface area contributed by atoms with Gasteiger partial charge in [0.25, 0.3) is 0 Å². The molecule has 1 saturated heterocycles. The van der Waals surface area contributed by atoms with E-state index >= 15 is 0 Å². The first kappa shape index (κ1) is 14.6. The molecule has 2 unspecified atom stereocenters. The standard InChI is InChI=1S/C17H23BrO2/c1-12-4-5-14(18)10-15(12)16(19)13-6-9-20-17(11-13)7-2-3-8-17/h4-5,10,13,16,19H,2-3,6-9,11H2,1H3. The Labute approximate surface area is 129 Å². The van der Waals surface area contributed by atoms with Crippen molar-refractivity contribution in [2.75, 3.05) is 6.61 Å². The second-order valence-corrected chi connectivity index (χ2v) is 7.35. The van der Waals surface area contributed by atoms with E-state index in [-0.39, 0.29) is 11.7 Å². The summed E-state index contributed by atoms with van der Waals surface area (Å²) < 4.78 is 7.12. The first-order valence-corrected chi connectivity index (χ1v) is 8.47. The van der Waals surface area contributed by atoms with Crippen molar-refractivity contribution in [3.8, 4) is 0 Å². The number of aliphatic hydroxyl groups excluding tert-OH is 1. The number of hydrogen-bond donors (Lipinski definition) is 1. The van der Waals surface area contributed by atoms with Gasteiger partial charge >= 0.3 is 0 Å². The van der Waals surface area contributed by atoms with Gasteiger partial charge in [-0.15, -0.1) is 0 Å². The van der Waals surface area contributed by atoms with Crippen LogP contribution in [0.3, 0.4) is 0 Å². The van der Waals surface area contributed by atoms with E-state index in [9.17, 15) is 5.11 Å². The number of halogens is 1. The van der Waals surface area contributed by atoms with Crippen LogP contribution in [0.25, 0.3) is 0 Å². The van der Waals surface area contributed by atoms with Crippen LogP contribution in [0.5, 0.6) is 0 Å². The molecule has 2 aliphatic rings. The number of rotatable bonds is 2. The van der Waals surface area contributed by atoms with Crippen molar-refractivity contribution in [2.24, 2.45) is 5.92 Å². The van der Waals surface area contributed by atoms with Crippen LogP contribution in [0.2, 0.25) is 0 Å². The molecule has 0 radical (unpaired) electrons. The molecular formula is C17H23BrO2. The van der Waals surface area contributed by atoms with Gasteiger partial charge in [-0.1, -0.05) is 34.8 Å². The van der Waals surface area contributed by atoms with Gasteiger partial charge in [0.2, 0.25) is 0 Å². The Bertz CT molecular complexity index is 480. The van der Waals surface area contributed by atoms with Gasteiger partial charge in [-0.25, -0.2) is 0 Å². The highest BCUT2D eigenvalue weighted by Crippen LogP contribution is 2.45. The minimum Gasteiger partial charge on any atom is -0.388 e. The number of ether oxygens (including phenoxy) is 1. The zero-order valence-electron chi connectivity index (χ0n) is 12.1. The molecule has 1 aliphatic carbocycles. The van der Waals surface area contributed by atoms with E-state index in [0.717, 1.165) is 29.5 Å². The smallest absolute Gasteiger partial charge is 0.0823 e. The highest BCUT2D eigenvalue weighted by atomic mass is 79.9. The summed E-state index contributed by atoms with van der Waals surface area (Å²) in [5.41, 5.74) is 2.32. The number of aliphatic hydroxyl groups is 1. The van der Waals surface area contributed by atoms with E-state index in [1.165, 1.54) is 31.2 Å². The van der Waals surface area contributed by atoms with Crippen molar-refractivity contribution in [3.05, 3.63) is 33.8 Å². The Morgan fingerprint density at radius 3 is 2.85 bits per heavy atom. The van der Waals surface area contributed by atoms with Crippen molar-refractivity contribution in [1.29, 1.82) is 0 Å². The summed E-state index contributed by atoms with van der Waals surface area (Å²) in [7, 11) is 0. The molecule has 1 aromatic carbocycles. The quantitative estimate of drug-likeness (QED) is 0.858. The molecule has 0 amide bonds. The van der Waals surface area contributed by atoms with Crippen LogP contribution in [0.4, 0.5) is 0 Å². The zero-order chi connectivity index (χ0) is 14.2. The maximum atomic E-state index is 10.8. The van der Waals surface area contributed by atoms with Gasteiger partial charge in [0.15, 0.2) is 0 Å². The van der Waals surface area contributed by atoms with Crippen molar-refractivity contribution >= 4 is 15.9 Å². The Morgan fingerprint density at radius 2 is 2.10 bits per heavy atom. The van der Waals surface area contributed by atoms with Crippen molar-refractivity contribution in [1.82, 2.24) is 0 Å². The monoisotopic (exact) mass is 338 g/mol. The van der Waals surface area contributed by atoms with E-state index in [4.69, 9.17) is 4.74 Å². The Balaban J connectivity index is 1.79. The van der Waals surface area contributed by atoms with Crippen molar-refractivity contribution < 1.29 is 9.84 Å². The lowest BCUT2D eigenvalue weighted by Crippen LogP contribution is -2.39. The van der Waals surface area contributed by atoms with Crippen LogP contribution in [0, 0.1) is 12.8 Å². The predicted octanol–water partition coefficient (Wildman–Crippen LogP) is 4.53. The highest BCUT2D eigenvalue weighted by molar-refractivity contribution is 9.10. The van der Waals surface area contributed by atoms with Gasteiger partial charge in [0.1, 0.15) is 0 Å². The fourth-order valence-corrected chi connectivity index (χ4v) is 4.27. The molecule has 1 aromatic rings. The molecule has 2 atom stereocenters. The van der Waals surface area contributed by atoms with Gasteiger partial charge in [-0.05, 0) is 61.8 Å². The van der Waals surface area contributed by atoms with Crippen molar-refractivity contribution in [2.45, 2.75) is 57.2 Å². The van der Waals surface area contributed by atoms with Crippen LogP contribution in [-0.2, 0) is 4.74 Å². The van der Waals surface area contributed by atoms with Gasteiger partial charge < -0.3 is 9.84 Å². The minimum atomic E-state index is -0.367. The topological polar surface area (TPSA) is 29.5 Å². The second kappa shape index (κ2) is 5.78. The van der Waals surface area contributed by atoms with Crippen LogP contribution >= 0.6 is 15.9 Å². The number of benzene rings is 1. The number of aryl methyl sites for hydroxylation is 1. The van der Waals surface area contributed by atoms with Crippen LogP contribution in [0.15, 0.2) is 22.7 Å². The third-order valence-electron chi connectivity index (χ3n) is 5.05. The molecule has 1 spiro atoms. The third kappa shape index (κ3) is 2.81. The highest BCUT2D eigenvalue weighted by Gasteiger charge is 2.42. The average Bonchev–Trinajstić information content (AvgIpc) is 2.88. The molecule has 2 nitrogen and oxygen atoms in total. The molecular weight excluding hydrogens is 316 g/mol. The summed E-state index contributed by atoms with van der Waals surface area (Å²) in [6.07, 6.45) is 6.52. The summed E-state index contributed by atoms with van der Waals surface area (Å²) in [5, 5.41) is 10.8. The van der Waals surface area contributed by atoms with Crippen LogP contribution in [-0.4, -0.2) is 17.3 Å². The number of hydrogen-bond acceptors (Lipinski definition) is 2. The molecule has 1 heterocycles. The summed E-state index contributed by atoms with van der Waals surface area (Å²) >= 11 is 3.51. The molecule has 3 rings (SSSR count). The van der Waals surface area contributed by atoms with E-state index in [2.05, 4.69) is 35.0 Å². The largest absolute Gasteiger partial charge is 0.388 e. The summed E-state index contributed by atoms with van der Waals surface area (Å²) in [4.78, 5) is 0. The van der Waals surface area contributed by atoms with Gasteiger partial charge in [-0.2, -0.15) is 0 Å². The van der Waals surface area contributed by atoms with E-state index < -0.39 is 0 Å². The Hall–Kier alpha value is -0.380. The molecule has 1 N–H and O–H groups in total. The minimum absolute atomic E-state index is 0.0732. The lowest BCUT2D eigenvalue weighted by molar-refractivity contribution is -0.113. The lowest BCUT2D eigenvalue weighted by Gasteiger charge is -2.40. The molecule has 110 valence electrons. The Morgan fingerprint density at radius 1 is 1.35 bits per heavy atom. The van der Waals surface area contributed by atoms with E-state index in [1.807, 2.05) is 6.07 Å². The fraction of sp³-hybridized carbons (Fsp3) is 0.647. The van der Waals surface area contributed by atoms with Gasteiger partial charge in [0.05, 0.1) is 11.7 Å². The van der Waals surface area contributed by atoms with Gasteiger partial charge in [0, 0.05) is 11.1 Å². The first-order chi connectivity index (χ1) is 9.60. The summed E-state index contributed by atoms with van der Waals surface area (Å²) in [5.74, 6) is 0.329. The molecule has 3 heteroatoms. The lowest BCUT2D eigenvalue weighted by atomic mass is 9.79. The normalized spacial score (nSPS) is 26.9. The van der Waals surface area contributed by atoms with E-state index in [0.29, 0.717) is 5.92 Å². The third-order valence-corrected chi connectivity index (χ3v) is 5.55. The molecule has 2 fully saturated rings. The predicted molar refractivity (Wildman–Crippen MR) is 83.7 cm³/mol. The first-order valence-electron chi connectivity index (χ1n) is 7.68. The molecule has 1 saturated carbocycles. The average molecular weight is 339 g/mol. The fourth-order valence-electron chi connectivity index (χ4n) is 3.89. The molecule has 1 aliphatic heterocycles. The molecule has 0 aromatic heterocycles. The maximum absolute atomic E-state index is 10.8. The SMILES string of the molecule is Cc1ccc(Br)cc1C(O)C1CCOC2(CCCC2)C1. The Kier molecular flexibility index (Phi) is 4.21. The van der Waals surface area contributed by atoms with Crippen molar-refractivity contribution in [3.63, 3.8) is 0 Å². The molecule has 20 heavy (non-hydrogen) atoms. The molecule has 0 bridgehead atoms. The van der Waals surface area contributed by atoms with Crippen LogP contribution in [0.1, 0.15) is 55.8 Å². The summed E-state index contributed by atoms with van der Waals surface area (Å²) in [6, 6.07) is 6.18. The maximum Gasteiger partial charge on any atom is 0.0823 e. The summed E-state index contributed by atoms with van der Waals surface area (Å²) in [6.45, 7) is 2.88.